The lowest BCUT2D eigenvalue weighted by Crippen LogP contribution is -1.88. The number of hydrogen-bond acceptors (Lipinski definition) is 0. The first kappa shape index (κ1) is 12.2. The maximum atomic E-state index is 10.5. The maximum absolute atomic E-state index is 10.5. The molecule has 3 rings (SSSR count). The van der Waals surface area contributed by atoms with Gasteiger partial charge in [0.2, 0.25) is 0 Å². The van der Waals surface area contributed by atoms with E-state index in [0.29, 0.717) is 0 Å². The summed E-state index contributed by atoms with van der Waals surface area (Å²) in [7, 11) is 0. The van der Waals surface area contributed by atoms with Crippen LogP contribution in [0.5, 0.6) is 0 Å². The Kier molecular flexibility index (Phi) is 3.47. The Morgan fingerprint density at radius 2 is 1.37 bits per heavy atom. The molecule has 0 aromatic heterocycles. The van der Waals surface area contributed by atoms with E-state index in [2.05, 4.69) is 54.6 Å². The number of benzene rings is 3. The molecule has 3 aromatic carbocycles. The van der Waals surface area contributed by atoms with Crippen molar-refractivity contribution in [2.24, 2.45) is 0 Å². The van der Waals surface area contributed by atoms with Crippen LogP contribution >= 0.6 is 0 Å². The van der Waals surface area contributed by atoms with Gasteiger partial charge in [-0.15, -0.1) is 0 Å². The predicted octanol–water partition coefficient (Wildman–Crippen LogP) is 4.75. The number of fused-ring (bicyclic) bond motifs is 2. The second-order valence-electron chi connectivity index (χ2n) is 5.04. The molecule has 0 saturated heterocycles. The van der Waals surface area contributed by atoms with Gasteiger partial charge in [0.05, 0.1) is 6.61 Å². The van der Waals surface area contributed by atoms with Gasteiger partial charge in [-0.1, -0.05) is 42.5 Å². The summed E-state index contributed by atoms with van der Waals surface area (Å²) in [6, 6.07) is 19.6. The van der Waals surface area contributed by atoms with Crippen LogP contribution in [0, 0.1) is 0 Å². The van der Waals surface area contributed by atoms with Crippen molar-refractivity contribution in [2.45, 2.75) is 19.3 Å². The van der Waals surface area contributed by atoms with Gasteiger partial charge in [0.1, 0.15) is 0 Å². The molecule has 0 aliphatic carbocycles. The smallest absolute Gasteiger partial charge is 0.0822 e. The van der Waals surface area contributed by atoms with E-state index >= 15 is 0 Å². The highest BCUT2D eigenvalue weighted by Gasteiger charge is 2.00. The minimum Gasteiger partial charge on any atom is -0.237 e. The highest BCUT2D eigenvalue weighted by Crippen LogP contribution is 2.24. The predicted molar refractivity (Wildman–Crippen MR) is 79.9 cm³/mol. The molecule has 95 valence electrons. The SMILES string of the molecule is [O]CCCCc1ccc2cc3ccccc3cc2c1. The van der Waals surface area contributed by atoms with Crippen LogP contribution in [0.4, 0.5) is 0 Å². The minimum absolute atomic E-state index is 0.0399. The molecule has 1 nitrogen and oxygen atoms in total. The highest BCUT2D eigenvalue weighted by molar-refractivity contribution is 5.98. The van der Waals surface area contributed by atoms with Crippen molar-refractivity contribution in [3.63, 3.8) is 0 Å². The van der Waals surface area contributed by atoms with Gasteiger partial charge in [-0.3, -0.25) is 0 Å². The molecule has 0 aliphatic rings. The van der Waals surface area contributed by atoms with Crippen molar-refractivity contribution in [3.8, 4) is 0 Å². The van der Waals surface area contributed by atoms with Crippen molar-refractivity contribution in [3.05, 3.63) is 60.2 Å². The largest absolute Gasteiger partial charge is 0.237 e. The fraction of sp³-hybridized carbons (Fsp3) is 0.222. The van der Waals surface area contributed by atoms with Crippen LogP contribution in [0.25, 0.3) is 21.5 Å². The van der Waals surface area contributed by atoms with Crippen LogP contribution in [0.3, 0.4) is 0 Å². The molecule has 1 radical (unpaired) electrons. The summed E-state index contributed by atoms with van der Waals surface area (Å²) in [5.41, 5.74) is 1.33. The van der Waals surface area contributed by atoms with Crippen LogP contribution in [0.15, 0.2) is 54.6 Å². The zero-order chi connectivity index (χ0) is 13.1. The molecule has 0 aliphatic heterocycles. The molecule has 0 spiro atoms. The zero-order valence-corrected chi connectivity index (χ0v) is 10.9. The van der Waals surface area contributed by atoms with Gasteiger partial charge >= 0.3 is 0 Å². The number of hydrogen-bond donors (Lipinski definition) is 0. The summed E-state index contributed by atoms with van der Waals surface area (Å²) in [5, 5.41) is 15.6. The summed E-state index contributed by atoms with van der Waals surface area (Å²) in [6.45, 7) is 0.0399. The average Bonchev–Trinajstić information content (AvgIpc) is 2.45. The lowest BCUT2D eigenvalue weighted by molar-refractivity contribution is 0.187. The summed E-state index contributed by atoms with van der Waals surface area (Å²) >= 11 is 0. The molecular weight excluding hydrogens is 232 g/mol. The van der Waals surface area contributed by atoms with Crippen LogP contribution in [-0.4, -0.2) is 6.61 Å². The highest BCUT2D eigenvalue weighted by atomic mass is 16.2. The van der Waals surface area contributed by atoms with Gasteiger partial charge < -0.3 is 0 Å². The molecule has 0 amide bonds. The second kappa shape index (κ2) is 5.41. The first-order chi connectivity index (χ1) is 9.36. The third kappa shape index (κ3) is 2.61. The van der Waals surface area contributed by atoms with Crippen molar-refractivity contribution < 1.29 is 5.11 Å². The molecule has 0 unspecified atom stereocenters. The van der Waals surface area contributed by atoms with Gasteiger partial charge in [-0.25, -0.2) is 5.11 Å². The van der Waals surface area contributed by atoms with E-state index in [1.165, 1.54) is 27.1 Å². The standard InChI is InChI=1S/C18H17O/c19-10-4-3-5-14-8-9-17-12-15-6-1-2-7-16(15)13-18(17)11-14/h1-2,6-9,11-13H,3-5,10H2. The van der Waals surface area contributed by atoms with Crippen molar-refractivity contribution >= 4 is 21.5 Å². The van der Waals surface area contributed by atoms with E-state index < -0.39 is 0 Å². The molecular formula is C18H17O. The van der Waals surface area contributed by atoms with Gasteiger partial charge in [-0.05, 0) is 58.5 Å². The Morgan fingerprint density at radius 1 is 0.684 bits per heavy atom. The van der Waals surface area contributed by atoms with Crippen LogP contribution < -0.4 is 0 Å². The zero-order valence-electron chi connectivity index (χ0n) is 10.9. The van der Waals surface area contributed by atoms with Gasteiger partial charge in [0.25, 0.3) is 0 Å². The second-order valence-corrected chi connectivity index (χ2v) is 5.04. The normalized spacial score (nSPS) is 11.2. The van der Waals surface area contributed by atoms with Crippen molar-refractivity contribution in [1.29, 1.82) is 0 Å². The molecule has 0 N–H and O–H groups in total. The van der Waals surface area contributed by atoms with Crippen molar-refractivity contribution in [2.75, 3.05) is 6.61 Å². The number of rotatable bonds is 4. The van der Waals surface area contributed by atoms with Gasteiger partial charge in [0, 0.05) is 0 Å². The Morgan fingerprint density at radius 3 is 2.11 bits per heavy atom. The summed E-state index contributed by atoms with van der Waals surface area (Å²) in [5.74, 6) is 0. The third-order valence-corrected chi connectivity index (χ3v) is 3.63. The van der Waals surface area contributed by atoms with Crippen LogP contribution in [0.2, 0.25) is 0 Å². The fourth-order valence-electron chi connectivity index (χ4n) is 2.58. The third-order valence-electron chi connectivity index (χ3n) is 3.63. The number of unbranched alkanes of at least 4 members (excludes halogenated alkanes) is 1. The van der Waals surface area contributed by atoms with E-state index in [1.807, 2.05) is 0 Å². The lowest BCUT2D eigenvalue weighted by atomic mass is 10.00. The molecule has 0 bridgehead atoms. The van der Waals surface area contributed by atoms with Gasteiger partial charge in [-0.2, -0.15) is 0 Å². The number of aryl methyl sites for hydroxylation is 1. The molecule has 0 fully saturated rings. The van der Waals surface area contributed by atoms with Crippen molar-refractivity contribution in [1.82, 2.24) is 0 Å². The Hall–Kier alpha value is -1.86. The quantitative estimate of drug-likeness (QED) is 0.470. The minimum atomic E-state index is 0.0399. The summed E-state index contributed by atoms with van der Waals surface area (Å²) in [4.78, 5) is 0. The maximum Gasteiger partial charge on any atom is 0.0822 e. The van der Waals surface area contributed by atoms with E-state index in [-0.39, 0.29) is 6.61 Å². The van der Waals surface area contributed by atoms with Gasteiger partial charge in [0.15, 0.2) is 0 Å². The first-order valence-electron chi connectivity index (χ1n) is 6.86. The Labute approximate surface area is 113 Å². The lowest BCUT2D eigenvalue weighted by Gasteiger charge is -2.05. The van der Waals surface area contributed by atoms with E-state index in [4.69, 9.17) is 0 Å². The first-order valence-corrected chi connectivity index (χ1v) is 6.86. The molecule has 0 saturated carbocycles. The van der Waals surface area contributed by atoms with E-state index in [1.54, 1.807) is 0 Å². The molecule has 0 atom stereocenters. The fourth-order valence-corrected chi connectivity index (χ4v) is 2.58. The van der Waals surface area contributed by atoms with E-state index in [0.717, 1.165) is 19.3 Å². The summed E-state index contributed by atoms with van der Waals surface area (Å²) in [6.07, 6.45) is 2.77. The summed E-state index contributed by atoms with van der Waals surface area (Å²) < 4.78 is 0. The Bertz CT molecular complexity index is 700. The van der Waals surface area contributed by atoms with Crippen LogP contribution in [0.1, 0.15) is 18.4 Å². The molecule has 19 heavy (non-hydrogen) atoms. The monoisotopic (exact) mass is 249 g/mol. The van der Waals surface area contributed by atoms with E-state index in [9.17, 15) is 5.11 Å². The average molecular weight is 249 g/mol. The molecule has 3 aromatic rings. The molecule has 0 heterocycles. The molecule has 1 heteroatoms. The topological polar surface area (TPSA) is 19.9 Å². The van der Waals surface area contributed by atoms with Crippen LogP contribution in [-0.2, 0) is 11.5 Å². The Balaban J connectivity index is 1.99.